The van der Waals surface area contributed by atoms with Crippen LogP contribution < -0.4 is 0 Å². The minimum absolute atomic E-state index is 0.000226. The minimum atomic E-state index is -5.39. The van der Waals surface area contributed by atoms with Gasteiger partial charge in [-0.15, -0.1) is 0 Å². The fraction of sp³-hybridized carbons (Fsp3) is 0.0286. The Labute approximate surface area is 471 Å². The van der Waals surface area contributed by atoms with Gasteiger partial charge in [0.1, 0.15) is 18.2 Å². The van der Waals surface area contributed by atoms with E-state index in [0.29, 0.717) is 71.5 Å². The Hall–Kier alpha value is -11.6. The number of nitriles is 4. The van der Waals surface area contributed by atoms with Gasteiger partial charge in [-0.05, 0) is 119 Å². The topological polar surface area (TPSA) is 115 Å². The standard InChI is InChI=1S/C70H34F6N8/c71-69(72,73)52-26-25-47(66(70(74,75)76)68(52)84-56-19-8-5-16-50(56)64-60(84)31-30-59-63(64)49-15-4-7-18-55(49)83(59)67-43(36-78)12-9-13-44(67)37-79)42-22-24-51-61(34-42)81(46-23-21-40-10-1-2-11-41(40)33-46)57-28-29-58-62(65(51)57)48-14-3-6-17-54(48)82(58)53-27-20-39(35-77)32-45(53)38-80/h1-34H. The monoisotopic (exact) mass is 1100 g/mol. The summed E-state index contributed by atoms with van der Waals surface area (Å²) in [5.41, 5.74) is 1.67. The van der Waals surface area contributed by atoms with Gasteiger partial charge in [-0.1, -0.05) is 109 Å². The van der Waals surface area contributed by atoms with E-state index in [1.807, 2.05) is 88.0 Å². The largest absolute Gasteiger partial charge is 0.419 e. The van der Waals surface area contributed by atoms with Gasteiger partial charge in [-0.2, -0.15) is 47.4 Å². The Morgan fingerprint density at radius 2 is 0.845 bits per heavy atom. The Morgan fingerprint density at radius 1 is 0.333 bits per heavy atom. The summed E-state index contributed by atoms with van der Waals surface area (Å²) in [5.74, 6) is 0. The third-order valence-corrected chi connectivity index (χ3v) is 16.3. The lowest BCUT2D eigenvalue weighted by Crippen LogP contribution is -2.19. The summed E-state index contributed by atoms with van der Waals surface area (Å²) in [7, 11) is 0. The van der Waals surface area contributed by atoms with Crippen LogP contribution >= 0.6 is 0 Å². The summed E-state index contributed by atoms with van der Waals surface area (Å²) in [4.78, 5) is 0. The van der Waals surface area contributed by atoms with Crippen molar-refractivity contribution >= 4 is 98.0 Å². The predicted molar refractivity (Wildman–Crippen MR) is 316 cm³/mol. The molecule has 0 spiro atoms. The average Bonchev–Trinajstić information content (AvgIpc) is 2.15. The molecule has 0 aliphatic rings. The van der Waals surface area contributed by atoms with Gasteiger partial charge in [0.15, 0.2) is 0 Å². The summed E-state index contributed by atoms with van der Waals surface area (Å²) >= 11 is 0. The quantitative estimate of drug-likeness (QED) is 0.160. The van der Waals surface area contributed by atoms with E-state index in [1.165, 1.54) is 24.3 Å². The molecular formula is C70H34F6N8. The van der Waals surface area contributed by atoms with E-state index in [4.69, 9.17) is 0 Å². The predicted octanol–water partition coefficient (Wildman–Crippen LogP) is 18.4. The van der Waals surface area contributed by atoms with E-state index in [1.54, 1.807) is 95.6 Å². The van der Waals surface area contributed by atoms with Gasteiger partial charge in [0.25, 0.3) is 0 Å². The maximum Gasteiger partial charge on any atom is 0.419 e. The number of fused-ring (bicyclic) bond motifs is 15. The molecular weight excluding hydrogens is 1070 g/mol. The first-order valence-corrected chi connectivity index (χ1v) is 26.5. The molecule has 0 fully saturated rings. The number of rotatable bonds is 5. The molecule has 0 unspecified atom stereocenters. The zero-order valence-electron chi connectivity index (χ0n) is 43.5. The number of halogens is 6. The van der Waals surface area contributed by atoms with Gasteiger partial charge >= 0.3 is 12.4 Å². The van der Waals surface area contributed by atoms with Crippen molar-refractivity contribution in [3.8, 4) is 58.2 Å². The summed E-state index contributed by atoms with van der Waals surface area (Å²) < 4.78 is 105. The van der Waals surface area contributed by atoms with Crippen molar-refractivity contribution < 1.29 is 26.3 Å². The van der Waals surface area contributed by atoms with Crippen LogP contribution in [0.15, 0.2) is 206 Å². The molecule has 0 aliphatic heterocycles. The Balaban J connectivity index is 1.05. The molecule has 0 saturated carbocycles. The highest BCUT2D eigenvalue weighted by Gasteiger charge is 2.45. The fourth-order valence-electron chi connectivity index (χ4n) is 13.0. The molecule has 4 heterocycles. The first-order chi connectivity index (χ1) is 40.8. The maximum atomic E-state index is 16.8. The fourth-order valence-corrected chi connectivity index (χ4v) is 13.0. The van der Waals surface area contributed by atoms with Gasteiger partial charge in [0, 0.05) is 48.8 Å². The second-order valence-corrected chi connectivity index (χ2v) is 20.6. The van der Waals surface area contributed by atoms with Crippen LogP contribution in [0.2, 0.25) is 0 Å². The number of para-hydroxylation sites is 4. The third kappa shape index (κ3) is 6.98. The SMILES string of the molecule is N#Cc1ccc(-n2c3ccccc3c3c4c5ccc(-c6ccc(C(F)(F)F)c(-n7c8ccccc8c8c9c%10ccccc%10n(-c%10c(C#N)cccc%10C#N)c9ccc87)c6C(F)(F)F)cc5n(-c5ccc6ccccc6c5)c4ccc32)c(C#N)c1. The summed E-state index contributed by atoms with van der Waals surface area (Å²) in [6.45, 7) is 0. The van der Waals surface area contributed by atoms with Crippen LogP contribution in [0.1, 0.15) is 33.4 Å². The van der Waals surface area contributed by atoms with Crippen LogP contribution in [0, 0.1) is 45.3 Å². The number of hydrogen-bond donors (Lipinski definition) is 0. The van der Waals surface area contributed by atoms with Gasteiger partial charge in [-0.25, -0.2) is 0 Å². The molecule has 84 heavy (non-hydrogen) atoms. The highest BCUT2D eigenvalue weighted by Crippen LogP contribution is 2.52. The second-order valence-electron chi connectivity index (χ2n) is 20.6. The van der Waals surface area contributed by atoms with Crippen LogP contribution in [0.3, 0.4) is 0 Å². The molecule has 0 atom stereocenters. The van der Waals surface area contributed by atoms with Crippen molar-refractivity contribution in [2.75, 3.05) is 0 Å². The Bertz CT molecular complexity index is 5570. The molecule has 0 N–H and O–H groups in total. The third-order valence-electron chi connectivity index (χ3n) is 16.3. The first kappa shape index (κ1) is 49.5. The molecule has 14 heteroatoms. The molecule has 15 rings (SSSR count). The number of aromatic nitrogens is 4. The van der Waals surface area contributed by atoms with Gasteiger partial charge in [0.2, 0.25) is 0 Å². The molecule has 396 valence electrons. The van der Waals surface area contributed by atoms with Gasteiger partial charge in [-0.3, -0.25) is 0 Å². The van der Waals surface area contributed by atoms with E-state index >= 15 is 26.3 Å². The van der Waals surface area contributed by atoms with Crippen molar-refractivity contribution in [3.05, 3.63) is 240 Å². The minimum Gasteiger partial charge on any atom is -0.309 e. The van der Waals surface area contributed by atoms with Crippen molar-refractivity contribution in [1.29, 1.82) is 21.0 Å². The molecule has 0 bridgehead atoms. The lowest BCUT2D eigenvalue weighted by molar-refractivity contribution is -0.142. The molecule has 8 nitrogen and oxygen atoms in total. The molecule has 0 saturated heterocycles. The van der Waals surface area contributed by atoms with Crippen LogP contribution in [-0.2, 0) is 12.4 Å². The lowest BCUT2D eigenvalue weighted by atomic mass is 9.93. The molecule has 0 amide bonds. The normalized spacial score (nSPS) is 12.1. The van der Waals surface area contributed by atoms with E-state index in [9.17, 15) is 21.0 Å². The molecule has 11 aromatic carbocycles. The highest BCUT2D eigenvalue weighted by atomic mass is 19.4. The molecule has 4 aromatic heterocycles. The maximum absolute atomic E-state index is 16.8. The van der Waals surface area contributed by atoms with Crippen molar-refractivity contribution in [1.82, 2.24) is 18.3 Å². The Kier molecular flexibility index (Phi) is 10.6. The number of nitrogens with zero attached hydrogens (tertiary/aromatic N) is 8. The van der Waals surface area contributed by atoms with E-state index in [2.05, 4.69) is 24.3 Å². The molecule has 15 aromatic rings. The van der Waals surface area contributed by atoms with Crippen molar-refractivity contribution in [2.24, 2.45) is 0 Å². The highest BCUT2D eigenvalue weighted by molar-refractivity contribution is 6.30. The average molecular weight is 1100 g/mol. The first-order valence-electron chi connectivity index (χ1n) is 26.5. The van der Waals surface area contributed by atoms with Crippen molar-refractivity contribution in [2.45, 2.75) is 12.4 Å². The summed E-state index contributed by atoms with van der Waals surface area (Å²) in [6.07, 6.45) is -10.7. The van der Waals surface area contributed by atoms with E-state index < -0.39 is 34.7 Å². The number of hydrogen-bond acceptors (Lipinski definition) is 4. The van der Waals surface area contributed by atoms with E-state index in [0.717, 1.165) is 49.1 Å². The zero-order chi connectivity index (χ0) is 57.5. The summed E-state index contributed by atoms with van der Waals surface area (Å²) in [5, 5.41) is 47.6. The molecule has 0 aliphatic carbocycles. The Morgan fingerprint density at radius 3 is 1.40 bits per heavy atom. The second kappa shape index (κ2) is 18.0. The molecule has 0 radical (unpaired) electrons. The van der Waals surface area contributed by atoms with Gasteiger partial charge in [0.05, 0.1) is 101 Å². The summed E-state index contributed by atoms with van der Waals surface area (Å²) in [6, 6.07) is 66.9. The number of alkyl halides is 6. The smallest absolute Gasteiger partial charge is 0.309 e. The van der Waals surface area contributed by atoms with Crippen LogP contribution in [0.5, 0.6) is 0 Å². The van der Waals surface area contributed by atoms with Crippen LogP contribution in [0.25, 0.3) is 132 Å². The van der Waals surface area contributed by atoms with Crippen molar-refractivity contribution in [3.63, 3.8) is 0 Å². The number of benzene rings is 11. The zero-order valence-corrected chi connectivity index (χ0v) is 43.5. The van der Waals surface area contributed by atoms with Crippen LogP contribution in [-0.4, -0.2) is 18.3 Å². The lowest BCUT2D eigenvalue weighted by Gasteiger charge is -2.24. The van der Waals surface area contributed by atoms with Gasteiger partial charge < -0.3 is 18.3 Å². The van der Waals surface area contributed by atoms with E-state index in [-0.39, 0.29) is 39.0 Å². The van der Waals surface area contributed by atoms with Crippen LogP contribution in [0.4, 0.5) is 26.3 Å².